The Hall–Kier alpha value is -3.76. The smallest absolute Gasteiger partial charge is 0.326 e. The molecule has 0 saturated heterocycles. The Labute approximate surface area is 257 Å². The zero-order valence-corrected chi connectivity index (χ0v) is 25.5. The summed E-state index contributed by atoms with van der Waals surface area (Å²) >= 11 is 2.92. The number of rotatable bonds is 19. The number of benzene rings is 1. The van der Waals surface area contributed by atoms with Gasteiger partial charge in [0.2, 0.25) is 23.6 Å². The van der Waals surface area contributed by atoms with Crippen molar-refractivity contribution in [1.82, 2.24) is 26.3 Å². The molecule has 0 bridgehead atoms. The molecule has 4 unspecified atom stereocenters. The largest absolute Gasteiger partial charge is 0.481 e. The van der Waals surface area contributed by atoms with Gasteiger partial charge in [0, 0.05) is 23.5 Å². The molecule has 236 valence electrons. The van der Waals surface area contributed by atoms with Gasteiger partial charge >= 0.3 is 11.9 Å². The van der Waals surface area contributed by atoms with Crippen LogP contribution in [0.25, 0.3) is 10.9 Å². The van der Waals surface area contributed by atoms with E-state index >= 15 is 0 Å². The molecule has 4 atom stereocenters. The van der Waals surface area contributed by atoms with Gasteiger partial charge in [0.15, 0.2) is 0 Å². The predicted octanol–water partition coefficient (Wildman–Crippen LogP) is -0.326. The van der Waals surface area contributed by atoms with Crippen LogP contribution in [0.3, 0.4) is 0 Å². The van der Waals surface area contributed by atoms with Gasteiger partial charge in [-0.15, -0.1) is 0 Å². The summed E-state index contributed by atoms with van der Waals surface area (Å²) in [4.78, 5) is 77.3. The second kappa shape index (κ2) is 18.0. The van der Waals surface area contributed by atoms with Crippen molar-refractivity contribution >= 4 is 70.0 Å². The number of para-hydroxylation sites is 1. The molecule has 2 aromatic rings. The van der Waals surface area contributed by atoms with E-state index in [0.29, 0.717) is 23.5 Å². The molecular weight excluding hydrogens is 600 g/mol. The summed E-state index contributed by atoms with van der Waals surface area (Å²) in [6.45, 7) is -0.435. The zero-order valence-electron chi connectivity index (χ0n) is 23.9. The average Bonchev–Trinajstić information content (AvgIpc) is 3.38. The average molecular weight is 639 g/mol. The molecular formula is C27H38N6O8S2. The van der Waals surface area contributed by atoms with Crippen LogP contribution in [-0.2, 0) is 35.2 Å². The van der Waals surface area contributed by atoms with Crippen LogP contribution in [0.15, 0.2) is 30.5 Å². The van der Waals surface area contributed by atoms with E-state index in [9.17, 15) is 33.9 Å². The predicted molar refractivity (Wildman–Crippen MR) is 165 cm³/mol. The van der Waals surface area contributed by atoms with E-state index in [-0.39, 0.29) is 12.8 Å². The molecule has 1 heterocycles. The van der Waals surface area contributed by atoms with E-state index in [1.54, 1.807) is 12.5 Å². The normalized spacial score (nSPS) is 13.7. The van der Waals surface area contributed by atoms with Gasteiger partial charge in [0.1, 0.15) is 18.1 Å². The van der Waals surface area contributed by atoms with E-state index < -0.39 is 72.7 Å². The Kier molecular flexibility index (Phi) is 14.9. The van der Waals surface area contributed by atoms with Gasteiger partial charge in [-0.1, -0.05) is 18.2 Å². The molecule has 0 aliphatic rings. The van der Waals surface area contributed by atoms with Crippen molar-refractivity contribution < 1.29 is 39.0 Å². The fourth-order valence-corrected chi connectivity index (χ4v) is 5.03. The van der Waals surface area contributed by atoms with E-state index in [1.165, 1.54) is 23.5 Å². The number of nitrogens with two attached hydrogens (primary N) is 1. The van der Waals surface area contributed by atoms with Crippen molar-refractivity contribution in [3.8, 4) is 0 Å². The summed E-state index contributed by atoms with van der Waals surface area (Å²) in [6, 6.07) is 2.45. The Morgan fingerprint density at radius 2 is 1.49 bits per heavy atom. The van der Waals surface area contributed by atoms with Crippen molar-refractivity contribution in [2.75, 3.05) is 30.6 Å². The lowest BCUT2D eigenvalue weighted by atomic mass is 10.0. The van der Waals surface area contributed by atoms with Crippen LogP contribution < -0.4 is 27.0 Å². The van der Waals surface area contributed by atoms with Crippen molar-refractivity contribution in [1.29, 1.82) is 0 Å². The summed E-state index contributed by atoms with van der Waals surface area (Å²) in [5, 5.41) is 29.0. The number of carbonyl (C=O) groups excluding carboxylic acids is 4. The number of carboxylic acids is 2. The molecule has 9 N–H and O–H groups in total. The molecule has 0 aliphatic heterocycles. The highest BCUT2D eigenvalue weighted by molar-refractivity contribution is 7.98. The maximum absolute atomic E-state index is 13.5. The third-order valence-electron chi connectivity index (χ3n) is 6.38. The number of carboxylic acid groups (broad SMARTS) is 2. The van der Waals surface area contributed by atoms with Crippen molar-refractivity contribution in [2.24, 2.45) is 5.73 Å². The molecule has 16 heteroatoms. The fourth-order valence-electron chi connectivity index (χ4n) is 4.07. The molecule has 1 aromatic heterocycles. The quantitative estimate of drug-likeness (QED) is 0.0993. The highest BCUT2D eigenvalue weighted by Crippen LogP contribution is 2.19. The van der Waals surface area contributed by atoms with E-state index in [1.807, 2.05) is 30.5 Å². The molecule has 14 nitrogen and oxygen atoms in total. The molecule has 0 fully saturated rings. The van der Waals surface area contributed by atoms with Crippen molar-refractivity contribution in [2.45, 2.75) is 49.9 Å². The maximum atomic E-state index is 13.5. The van der Waals surface area contributed by atoms with Crippen LogP contribution in [0.4, 0.5) is 0 Å². The third kappa shape index (κ3) is 11.8. The van der Waals surface area contributed by atoms with Gasteiger partial charge < -0.3 is 42.2 Å². The number of aromatic amines is 1. The fraction of sp³-hybridized carbons (Fsp3) is 0.481. The van der Waals surface area contributed by atoms with Gasteiger partial charge in [0.05, 0.1) is 19.0 Å². The Balaban J connectivity index is 2.23. The SMILES string of the molecule is CSCCC(N)C(=O)NCC(=O)NC(Cc1c[nH]c2ccccc12)C(=O)NC(CCSC)C(=O)NC(CC(=O)O)C(=O)O. The van der Waals surface area contributed by atoms with Crippen LogP contribution in [0.1, 0.15) is 24.8 Å². The molecule has 1 aromatic carbocycles. The first-order chi connectivity index (χ1) is 20.5. The highest BCUT2D eigenvalue weighted by atomic mass is 32.2. The molecule has 0 radical (unpaired) electrons. The second-order valence-electron chi connectivity index (χ2n) is 9.63. The molecule has 0 spiro atoms. The molecule has 0 saturated carbocycles. The summed E-state index contributed by atoms with van der Waals surface area (Å²) in [6.07, 6.45) is 5.07. The van der Waals surface area contributed by atoms with E-state index in [0.717, 1.165) is 10.9 Å². The summed E-state index contributed by atoms with van der Waals surface area (Å²) in [5.41, 5.74) is 7.37. The van der Waals surface area contributed by atoms with Gasteiger partial charge in [0.25, 0.3) is 0 Å². The number of H-pyrrole nitrogens is 1. The van der Waals surface area contributed by atoms with Crippen LogP contribution in [-0.4, -0.2) is 105 Å². The van der Waals surface area contributed by atoms with Gasteiger partial charge in [-0.2, -0.15) is 23.5 Å². The van der Waals surface area contributed by atoms with Gasteiger partial charge in [-0.3, -0.25) is 24.0 Å². The number of hydrogen-bond donors (Lipinski definition) is 8. The minimum atomic E-state index is -1.70. The Morgan fingerprint density at radius 1 is 0.860 bits per heavy atom. The number of thioether (sulfide) groups is 2. The van der Waals surface area contributed by atoms with Gasteiger partial charge in [-0.05, 0) is 48.5 Å². The minimum absolute atomic E-state index is 0.0242. The van der Waals surface area contributed by atoms with Crippen LogP contribution >= 0.6 is 23.5 Å². The number of amides is 4. The highest BCUT2D eigenvalue weighted by Gasteiger charge is 2.31. The monoisotopic (exact) mass is 638 g/mol. The number of hydrogen-bond acceptors (Lipinski definition) is 9. The summed E-state index contributed by atoms with van der Waals surface area (Å²) in [7, 11) is 0. The number of aliphatic carboxylic acids is 2. The molecule has 0 aliphatic carbocycles. The Morgan fingerprint density at radius 3 is 2.14 bits per heavy atom. The lowest BCUT2D eigenvalue weighted by molar-refractivity contribution is -0.147. The van der Waals surface area contributed by atoms with Crippen molar-refractivity contribution in [3.05, 3.63) is 36.0 Å². The second-order valence-corrected chi connectivity index (χ2v) is 11.6. The topological polar surface area (TPSA) is 233 Å². The Bertz CT molecular complexity index is 1290. The number of fused-ring (bicyclic) bond motifs is 1. The standard InChI is InChI=1S/C27H38N6O8S2/c1-42-9-7-17(28)24(37)30-14-22(34)31-20(11-15-13-29-18-6-4-3-5-16(15)18)26(39)32-19(8-10-43-2)25(38)33-21(27(40)41)12-23(35)36/h3-6,13,17,19-21,29H,7-12,14,28H2,1-2H3,(H,30,37)(H,31,34)(H,32,39)(H,33,38)(H,35,36)(H,40,41). The summed E-state index contributed by atoms with van der Waals surface area (Å²) in [5.74, 6) is -4.65. The first-order valence-electron chi connectivity index (χ1n) is 13.4. The lowest BCUT2D eigenvalue weighted by Gasteiger charge is -2.24. The van der Waals surface area contributed by atoms with E-state index in [2.05, 4.69) is 26.3 Å². The summed E-state index contributed by atoms with van der Waals surface area (Å²) < 4.78 is 0. The third-order valence-corrected chi connectivity index (χ3v) is 7.67. The molecule has 43 heavy (non-hydrogen) atoms. The van der Waals surface area contributed by atoms with Crippen molar-refractivity contribution in [3.63, 3.8) is 0 Å². The number of carbonyl (C=O) groups is 6. The van der Waals surface area contributed by atoms with Crippen LogP contribution in [0.2, 0.25) is 0 Å². The maximum Gasteiger partial charge on any atom is 0.326 e. The van der Waals surface area contributed by atoms with E-state index in [4.69, 9.17) is 10.8 Å². The minimum Gasteiger partial charge on any atom is -0.481 e. The molecule has 2 rings (SSSR count). The zero-order chi connectivity index (χ0) is 31.9. The first-order valence-corrected chi connectivity index (χ1v) is 16.2. The van der Waals surface area contributed by atoms with Crippen LogP contribution in [0.5, 0.6) is 0 Å². The van der Waals surface area contributed by atoms with Gasteiger partial charge in [-0.25, -0.2) is 4.79 Å². The van der Waals surface area contributed by atoms with Crippen LogP contribution in [0, 0.1) is 0 Å². The number of nitrogens with one attached hydrogen (secondary N) is 5. The lowest BCUT2D eigenvalue weighted by Crippen LogP contribution is -2.57. The number of aromatic nitrogens is 1. The first kappa shape index (κ1) is 35.4. The molecule has 4 amide bonds.